The van der Waals surface area contributed by atoms with Gasteiger partial charge in [-0.2, -0.15) is 0 Å². The predicted molar refractivity (Wildman–Crippen MR) is 99.7 cm³/mol. The van der Waals surface area contributed by atoms with E-state index in [0.29, 0.717) is 4.90 Å². The molecule has 5 nitrogen and oxygen atoms in total. The van der Waals surface area contributed by atoms with Crippen molar-refractivity contribution >= 4 is 22.7 Å². The molecular formula is C20H24O5S. The van der Waals surface area contributed by atoms with Crippen LogP contribution < -0.4 is 0 Å². The second kappa shape index (κ2) is 8.94. The fourth-order valence-corrected chi connectivity index (χ4v) is 3.75. The zero-order chi connectivity index (χ0) is 19.2. The first kappa shape index (κ1) is 20.1. The Morgan fingerprint density at radius 1 is 1.15 bits per heavy atom. The summed E-state index contributed by atoms with van der Waals surface area (Å²) in [6.07, 6.45) is 5.36. The molecular weight excluding hydrogens is 352 g/mol. The van der Waals surface area contributed by atoms with Gasteiger partial charge in [-0.1, -0.05) is 35.9 Å². The lowest BCUT2D eigenvalue weighted by atomic mass is 9.77. The van der Waals surface area contributed by atoms with E-state index in [2.05, 4.69) is 0 Å². The average Bonchev–Trinajstić information content (AvgIpc) is 3.05. The van der Waals surface area contributed by atoms with Gasteiger partial charge in [0.05, 0.1) is 24.0 Å². The third kappa shape index (κ3) is 4.12. The first-order chi connectivity index (χ1) is 12.5. The van der Waals surface area contributed by atoms with E-state index in [9.17, 15) is 13.8 Å². The Kier molecular flexibility index (Phi) is 6.91. The number of rotatable bonds is 7. The lowest BCUT2D eigenvalue weighted by molar-refractivity contribution is -0.173. The van der Waals surface area contributed by atoms with E-state index in [1.54, 1.807) is 44.2 Å². The monoisotopic (exact) mass is 376 g/mol. The van der Waals surface area contributed by atoms with Crippen LogP contribution in [0, 0.1) is 18.3 Å². The number of carbonyl (C=O) groups excluding carboxylic acids is 2. The van der Waals surface area contributed by atoms with Crippen LogP contribution in [0.15, 0.2) is 52.8 Å². The summed E-state index contributed by atoms with van der Waals surface area (Å²) in [7, 11) is -1.37. The molecule has 0 N–H and O–H groups in total. The Morgan fingerprint density at radius 2 is 1.73 bits per heavy atom. The molecule has 1 aliphatic carbocycles. The van der Waals surface area contributed by atoms with Gasteiger partial charge >= 0.3 is 11.9 Å². The zero-order valence-corrected chi connectivity index (χ0v) is 16.1. The fraction of sp³-hybridized carbons (Fsp3) is 0.400. The quantitative estimate of drug-likeness (QED) is 0.415. The minimum Gasteiger partial charge on any atom is -0.465 e. The Bertz CT molecular complexity index is 715. The molecule has 2 rings (SSSR count). The average molecular weight is 376 g/mol. The minimum absolute atomic E-state index is 0.172. The highest BCUT2D eigenvalue weighted by Gasteiger charge is 2.54. The number of hydrogen-bond acceptors (Lipinski definition) is 5. The van der Waals surface area contributed by atoms with Crippen LogP contribution in [0.1, 0.15) is 25.8 Å². The van der Waals surface area contributed by atoms with Crippen molar-refractivity contribution in [2.75, 3.05) is 13.2 Å². The van der Waals surface area contributed by atoms with Crippen molar-refractivity contribution in [2.24, 2.45) is 11.3 Å². The molecule has 140 valence electrons. The van der Waals surface area contributed by atoms with Crippen LogP contribution in [0.3, 0.4) is 0 Å². The molecule has 0 spiro atoms. The molecule has 0 saturated carbocycles. The summed E-state index contributed by atoms with van der Waals surface area (Å²) in [5.41, 5.74) is -0.364. The molecule has 0 aliphatic heterocycles. The fourth-order valence-electron chi connectivity index (χ4n) is 2.88. The molecule has 1 unspecified atom stereocenters. The summed E-state index contributed by atoms with van der Waals surface area (Å²) >= 11 is 0. The first-order valence-corrected chi connectivity index (χ1v) is 9.83. The number of benzene rings is 1. The summed E-state index contributed by atoms with van der Waals surface area (Å²) in [5.74, 6) is -1.78. The molecule has 0 aromatic heterocycles. The highest BCUT2D eigenvalue weighted by Crippen LogP contribution is 2.42. The van der Waals surface area contributed by atoms with Gasteiger partial charge in [0.25, 0.3) is 0 Å². The smallest absolute Gasteiger partial charge is 0.324 e. The van der Waals surface area contributed by atoms with Crippen LogP contribution in [-0.4, -0.2) is 29.4 Å². The van der Waals surface area contributed by atoms with Crippen LogP contribution in [0.4, 0.5) is 0 Å². The second-order valence-electron chi connectivity index (χ2n) is 6.01. The maximum Gasteiger partial charge on any atom is 0.324 e. The summed E-state index contributed by atoms with van der Waals surface area (Å²) < 4.78 is 22.8. The van der Waals surface area contributed by atoms with Gasteiger partial charge in [-0.25, -0.2) is 4.21 Å². The first-order valence-electron chi connectivity index (χ1n) is 8.62. The van der Waals surface area contributed by atoms with Crippen LogP contribution in [0.2, 0.25) is 0 Å². The van der Waals surface area contributed by atoms with Crippen molar-refractivity contribution in [1.29, 1.82) is 0 Å². The third-order valence-corrected chi connectivity index (χ3v) is 5.44. The Balaban J connectivity index is 2.27. The summed E-state index contributed by atoms with van der Waals surface area (Å²) in [4.78, 5) is 25.8. The highest BCUT2D eigenvalue weighted by atomic mass is 32.2. The molecule has 1 aromatic carbocycles. The molecule has 1 aromatic rings. The number of aryl methyl sites for hydroxylation is 1. The van der Waals surface area contributed by atoms with Gasteiger partial charge in [0.2, 0.25) is 0 Å². The van der Waals surface area contributed by atoms with Crippen LogP contribution in [-0.2, 0) is 29.9 Å². The summed E-state index contributed by atoms with van der Waals surface area (Å²) in [6.45, 7) is 5.68. The van der Waals surface area contributed by atoms with Gasteiger partial charge in [-0.15, -0.1) is 0 Å². The standard InChI is InChI=1S/C20H24O5S/c1-4-24-18(21)20(19(22)25-5-2)13-6-7-16(20)12-14-26(23)17-10-8-15(3)9-11-17/h6-12,14,16H,4-5,13H2,1-3H3/b14-12-/t16-,26?/m0/s1. The number of carbonyl (C=O) groups is 2. The highest BCUT2D eigenvalue weighted by molar-refractivity contribution is 7.88. The van der Waals surface area contributed by atoms with Gasteiger partial charge in [0, 0.05) is 16.2 Å². The van der Waals surface area contributed by atoms with Crippen LogP contribution in [0.5, 0.6) is 0 Å². The summed E-state index contributed by atoms with van der Waals surface area (Å²) in [5, 5.41) is 1.51. The van der Waals surface area contributed by atoms with Crippen molar-refractivity contribution in [3.63, 3.8) is 0 Å². The molecule has 0 bridgehead atoms. The van der Waals surface area contributed by atoms with Crippen LogP contribution >= 0.6 is 0 Å². The second-order valence-corrected chi connectivity index (χ2v) is 7.35. The minimum atomic E-state index is -1.44. The van der Waals surface area contributed by atoms with Crippen molar-refractivity contribution < 1.29 is 23.3 Å². The normalized spacial score (nSPS) is 19.4. The lowest BCUT2D eigenvalue weighted by Crippen LogP contribution is -2.44. The van der Waals surface area contributed by atoms with Gasteiger partial charge in [-0.3, -0.25) is 9.59 Å². The van der Waals surface area contributed by atoms with Gasteiger partial charge in [0.15, 0.2) is 5.41 Å². The molecule has 26 heavy (non-hydrogen) atoms. The SMILES string of the molecule is CCOC(=O)C1(C(=O)OCC)CC=C[C@H]1/C=C\S(=O)c1ccc(C)cc1. The Labute approximate surface area is 156 Å². The van der Waals surface area contributed by atoms with Crippen molar-refractivity contribution in [3.8, 4) is 0 Å². The van der Waals surface area contributed by atoms with Crippen molar-refractivity contribution in [3.05, 3.63) is 53.5 Å². The molecule has 2 atom stereocenters. The maximum absolute atomic E-state index is 12.6. The number of ether oxygens (including phenoxy) is 2. The number of esters is 2. The van der Waals surface area contributed by atoms with E-state index < -0.39 is 34.1 Å². The van der Waals surface area contributed by atoms with E-state index in [1.165, 1.54) is 5.41 Å². The van der Waals surface area contributed by atoms with Gasteiger partial charge < -0.3 is 9.47 Å². The number of allylic oxidation sites excluding steroid dienone is 3. The van der Waals surface area contributed by atoms with Gasteiger partial charge in [0.1, 0.15) is 0 Å². The maximum atomic E-state index is 12.6. The van der Waals surface area contributed by atoms with Crippen molar-refractivity contribution in [2.45, 2.75) is 32.1 Å². The molecule has 1 aliphatic rings. The molecule has 6 heteroatoms. The molecule has 0 fully saturated rings. The van der Waals surface area contributed by atoms with E-state index >= 15 is 0 Å². The molecule has 0 amide bonds. The van der Waals surface area contributed by atoms with Crippen LogP contribution in [0.25, 0.3) is 0 Å². The topological polar surface area (TPSA) is 69.7 Å². The van der Waals surface area contributed by atoms with Gasteiger partial charge in [-0.05, 0) is 39.3 Å². The molecule has 0 saturated heterocycles. The Morgan fingerprint density at radius 3 is 2.27 bits per heavy atom. The zero-order valence-electron chi connectivity index (χ0n) is 15.3. The summed E-state index contributed by atoms with van der Waals surface area (Å²) in [6, 6.07) is 7.37. The molecule has 0 radical (unpaired) electrons. The Hall–Kier alpha value is -2.21. The third-order valence-electron chi connectivity index (χ3n) is 4.29. The predicted octanol–water partition coefficient (Wildman–Crippen LogP) is 3.31. The number of hydrogen-bond donors (Lipinski definition) is 0. The lowest BCUT2D eigenvalue weighted by Gasteiger charge is -2.29. The van der Waals surface area contributed by atoms with Crippen molar-refractivity contribution in [1.82, 2.24) is 0 Å². The van der Waals surface area contributed by atoms with E-state index in [4.69, 9.17) is 9.47 Å². The van der Waals surface area contributed by atoms with E-state index in [0.717, 1.165) is 5.56 Å². The van der Waals surface area contributed by atoms with E-state index in [1.807, 2.05) is 19.1 Å². The largest absolute Gasteiger partial charge is 0.465 e. The van der Waals surface area contributed by atoms with E-state index in [-0.39, 0.29) is 19.6 Å². The molecule has 0 heterocycles.